The summed E-state index contributed by atoms with van der Waals surface area (Å²) in [4.78, 5) is 26.7. The Morgan fingerprint density at radius 2 is 2.05 bits per heavy atom. The summed E-state index contributed by atoms with van der Waals surface area (Å²) in [5, 5.41) is 19.8. The molecule has 11 nitrogen and oxygen atoms in total. The number of aromatic nitrogens is 5. The van der Waals surface area contributed by atoms with Crippen LogP contribution < -0.4 is 15.4 Å². The molecule has 0 spiro atoms. The van der Waals surface area contributed by atoms with Gasteiger partial charge in [0.05, 0.1) is 17.6 Å². The van der Waals surface area contributed by atoms with E-state index in [2.05, 4.69) is 44.4 Å². The van der Waals surface area contributed by atoms with E-state index >= 15 is 0 Å². The van der Waals surface area contributed by atoms with Crippen molar-refractivity contribution in [2.45, 2.75) is 45.1 Å². The van der Waals surface area contributed by atoms with Crippen molar-refractivity contribution in [2.24, 2.45) is 0 Å². The molecule has 230 valence electrons. The number of ketones is 1. The minimum atomic E-state index is -1.11. The summed E-state index contributed by atoms with van der Waals surface area (Å²) < 4.78 is 36.3. The summed E-state index contributed by atoms with van der Waals surface area (Å²) in [6.45, 7) is 10.5. The number of hydrogen-bond acceptors (Lipinski definition) is 8. The Hall–Kier alpha value is -4.78. The number of halogens is 3. The van der Waals surface area contributed by atoms with Crippen LogP contribution in [-0.2, 0) is 19.5 Å². The quantitative estimate of drug-likeness (QED) is 0.193. The van der Waals surface area contributed by atoms with Gasteiger partial charge in [-0.15, -0.1) is 10.2 Å². The molecule has 1 saturated heterocycles. The van der Waals surface area contributed by atoms with E-state index in [9.17, 15) is 18.4 Å². The van der Waals surface area contributed by atoms with Crippen molar-refractivity contribution in [2.75, 3.05) is 13.1 Å². The van der Waals surface area contributed by atoms with Crippen LogP contribution in [0, 0.1) is 5.82 Å². The number of amides is 1. The first kappa shape index (κ1) is 30.7. The third-order valence-corrected chi connectivity index (χ3v) is 7.69. The first-order chi connectivity index (χ1) is 21.1. The van der Waals surface area contributed by atoms with Gasteiger partial charge in [-0.1, -0.05) is 42.1 Å². The van der Waals surface area contributed by atoms with E-state index in [4.69, 9.17) is 16.3 Å². The van der Waals surface area contributed by atoms with E-state index in [1.54, 1.807) is 36.5 Å². The number of allylic oxidation sites excluding steroid dienone is 1. The Morgan fingerprint density at radius 3 is 2.80 bits per heavy atom. The molecule has 3 N–H and O–H groups in total. The van der Waals surface area contributed by atoms with Gasteiger partial charge >= 0.3 is 6.09 Å². The topological polar surface area (TPSA) is 130 Å². The largest absolute Gasteiger partial charge is 0.412 e. The molecule has 1 aliphatic rings. The fraction of sp³-hybridized carbons (Fsp3) is 0.300. The van der Waals surface area contributed by atoms with E-state index in [0.717, 1.165) is 0 Å². The second-order valence-electron chi connectivity index (χ2n) is 10.5. The zero-order chi connectivity index (χ0) is 31.4. The highest BCUT2D eigenvalue weighted by molar-refractivity contribution is 6.30. The van der Waals surface area contributed by atoms with Crippen LogP contribution in [0.2, 0.25) is 5.02 Å². The second kappa shape index (κ2) is 13.2. The summed E-state index contributed by atoms with van der Waals surface area (Å²) in [7, 11) is 0. The Kier molecular flexibility index (Phi) is 9.23. The normalized spacial score (nSPS) is 16.2. The highest BCUT2D eigenvalue weighted by Gasteiger charge is 2.35. The van der Waals surface area contributed by atoms with Crippen LogP contribution >= 0.6 is 11.6 Å². The lowest BCUT2D eigenvalue weighted by Gasteiger charge is -2.30. The van der Waals surface area contributed by atoms with Crippen molar-refractivity contribution in [1.82, 2.24) is 40.7 Å². The van der Waals surface area contributed by atoms with Crippen molar-refractivity contribution in [3.05, 3.63) is 94.9 Å². The summed E-state index contributed by atoms with van der Waals surface area (Å²) >= 11 is 5.90. The maximum Gasteiger partial charge on any atom is 0.412 e. The number of rotatable bonds is 12. The van der Waals surface area contributed by atoms with Gasteiger partial charge in [-0.3, -0.25) is 4.79 Å². The number of Topliss-reactive ketones (excluding diaryl/α,β-unsaturated/α-hetero) is 1. The number of carbonyl (C=O) groups excluding carboxylic acids is 2. The molecule has 0 radical (unpaired) electrons. The molecule has 2 aromatic carbocycles. The molecule has 0 bridgehead atoms. The molecule has 0 unspecified atom stereocenters. The van der Waals surface area contributed by atoms with E-state index in [-0.39, 0.29) is 49.2 Å². The van der Waals surface area contributed by atoms with Gasteiger partial charge in [0.15, 0.2) is 11.6 Å². The number of carbonyl (C=O) groups is 2. The molecule has 44 heavy (non-hydrogen) atoms. The van der Waals surface area contributed by atoms with Gasteiger partial charge in [0, 0.05) is 72.1 Å². The van der Waals surface area contributed by atoms with Gasteiger partial charge in [0.1, 0.15) is 17.7 Å². The Labute approximate surface area is 256 Å². The smallest absolute Gasteiger partial charge is 0.410 e. The van der Waals surface area contributed by atoms with Crippen LogP contribution in [0.15, 0.2) is 67.1 Å². The highest BCUT2D eigenvalue weighted by atomic mass is 35.5. The summed E-state index contributed by atoms with van der Waals surface area (Å²) in [5.74, 6) is 0.0271. The first-order valence-electron chi connectivity index (χ1n) is 13.9. The number of likely N-dealkylation sites (tertiary alicyclic amines) is 1. The standard InChI is InChI=1S/C30H31ClF2N8O3/c1-17(41-15-21(32)11-27(41)18(2)35-13-20-5-4-6-25(31)29(20)33)14-40-16-24(19(3)42)23-12-22(7-8-26(23)40)44-30(43)34-10-9-28-36-38-39-37-28/h4-8,12,16,21,27,35H,1-2,9-11,13-15H2,3H3,(H,34,43)(H,36,37,38,39)/t21-,27+/m1/s1. The van der Waals surface area contributed by atoms with Gasteiger partial charge < -0.3 is 24.8 Å². The van der Waals surface area contributed by atoms with Gasteiger partial charge in [-0.25, -0.2) is 13.6 Å². The number of alkyl halides is 1. The van der Waals surface area contributed by atoms with Gasteiger partial charge in [0.25, 0.3) is 0 Å². The molecule has 1 fully saturated rings. The molecule has 4 aromatic rings. The fourth-order valence-corrected chi connectivity index (χ4v) is 5.42. The van der Waals surface area contributed by atoms with Crippen LogP contribution in [0.5, 0.6) is 5.75 Å². The van der Waals surface area contributed by atoms with Crippen molar-refractivity contribution < 1.29 is 23.1 Å². The Morgan fingerprint density at radius 1 is 1.23 bits per heavy atom. The monoisotopic (exact) mass is 624 g/mol. The number of hydrogen-bond donors (Lipinski definition) is 3. The molecule has 3 heterocycles. The fourth-order valence-electron chi connectivity index (χ4n) is 5.22. The van der Waals surface area contributed by atoms with E-state index in [1.165, 1.54) is 13.0 Å². The van der Waals surface area contributed by atoms with E-state index in [0.29, 0.717) is 45.7 Å². The van der Waals surface area contributed by atoms with Crippen LogP contribution in [0.25, 0.3) is 10.9 Å². The number of ether oxygens (including phenoxy) is 1. The van der Waals surface area contributed by atoms with Crippen LogP contribution in [0.4, 0.5) is 13.6 Å². The predicted molar refractivity (Wildman–Crippen MR) is 160 cm³/mol. The molecular formula is C30H31ClF2N8O3. The number of nitrogens with one attached hydrogen (secondary N) is 3. The van der Waals surface area contributed by atoms with Gasteiger partial charge in [-0.05, 0) is 31.2 Å². The maximum absolute atomic E-state index is 14.7. The summed E-state index contributed by atoms with van der Waals surface area (Å²) in [5.41, 5.74) is 2.66. The molecule has 0 aliphatic carbocycles. The third-order valence-electron chi connectivity index (χ3n) is 7.40. The minimum Gasteiger partial charge on any atom is -0.410 e. The lowest BCUT2D eigenvalue weighted by atomic mass is 10.1. The van der Waals surface area contributed by atoms with Crippen molar-refractivity contribution in [1.29, 1.82) is 0 Å². The van der Waals surface area contributed by atoms with Crippen molar-refractivity contribution in [3.8, 4) is 5.75 Å². The number of tetrazole rings is 1. The zero-order valence-electron chi connectivity index (χ0n) is 23.9. The molecule has 2 atom stereocenters. The van der Waals surface area contributed by atoms with E-state index in [1.807, 2.05) is 9.47 Å². The molecular weight excluding hydrogens is 594 g/mol. The zero-order valence-corrected chi connectivity index (χ0v) is 24.7. The minimum absolute atomic E-state index is 0.0253. The molecule has 5 rings (SSSR count). The maximum atomic E-state index is 14.7. The third kappa shape index (κ3) is 6.88. The predicted octanol–water partition coefficient (Wildman–Crippen LogP) is 4.71. The number of H-pyrrole nitrogens is 1. The van der Waals surface area contributed by atoms with Crippen LogP contribution in [0.3, 0.4) is 0 Å². The van der Waals surface area contributed by atoms with Crippen LogP contribution in [-0.4, -0.2) is 67.3 Å². The van der Waals surface area contributed by atoms with Crippen molar-refractivity contribution in [3.63, 3.8) is 0 Å². The van der Waals surface area contributed by atoms with Gasteiger partial charge in [-0.2, -0.15) is 5.21 Å². The average Bonchev–Trinajstić information content (AvgIpc) is 3.73. The highest BCUT2D eigenvalue weighted by Crippen LogP contribution is 2.31. The van der Waals surface area contributed by atoms with Gasteiger partial charge in [0.2, 0.25) is 0 Å². The molecule has 0 saturated carbocycles. The Bertz CT molecular complexity index is 1710. The van der Waals surface area contributed by atoms with Crippen LogP contribution in [0.1, 0.15) is 35.1 Å². The summed E-state index contributed by atoms with van der Waals surface area (Å²) in [6, 6.07) is 9.34. The second-order valence-corrected chi connectivity index (χ2v) is 10.9. The SMILES string of the molecule is C=C(NCc1cccc(Cl)c1F)[C@@H]1C[C@@H](F)CN1C(=C)Cn1cc(C(C)=O)c2cc(OC(=O)NCCc3nn[nH]n3)ccc21. The number of fused-ring (bicyclic) bond motifs is 1. The molecule has 2 aromatic heterocycles. The Balaban J connectivity index is 1.26. The molecule has 14 heteroatoms. The lowest BCUT2D eigenvalue weighted by Crippen LogP contribution is -2.36. The number of nitrogens with zero attached hydrogens (tertiary/aromatic N) is 5. The van der Waals surface area contributed by atoms with Crippen molar-refractivity contribution >= 4 is 34.4 Å². The molecule has 1 aliphatic heterocycles. The number of benzene rings is 2. The number of aromatic amines is 1. The van der Waals surface area contributed by atoms with E-state index < -0.39 is 24.1 Å². The summed E-state index contributed by atoms with van der Waals surface area (Å²) in [6.07, 6.45) is 0.506. The lowest BCUT2D eigenvalue weighted by molar-refractivity contribution is 0.101. The first-order valence-corrected chi connectivity index (χ1v) is 14.2. The molecule has 1 amide bonds. The average molecular weight is 625 g/mol.